The molecule has 0 aliphatic carbocycles. The minimum atomic E-state index is -1.09. The van der Waals surface area contributed by atoms with E-state index in [1.807, 2.05) is 0 Å². The fourth-order valence-corrected chi connectivity index (χ4v) is 3.48. The van der Waals surface area contributed by atoms with Crippen molar-refractivity contribution in [1.29, 1.82) is 0 Å². The molecule has 2 aliphatic heterocycles. The number of hydrogen-bond acceptors (Lipinski definition) is 3. The molecule has 2 fully saturated rings. The molecule has 0 amide bonds. The normalized spacial score (nSPS) is 23.8. The minimum Gasteiger partial charge on any atom is -0.478 e. The molecule has 114 valence electrons. The molecule has 4 nitrogen and oxygen atoms in total. The second-order valence-corrected chi connectivity index (χ2v) is 6.03. The molecule has 5 heteroatoms. The monoisotopic (exact) mass is 292 g/mol. The quantitative estimate of drug-likeness (QED) is 0.927. The minimum absolute atomic E-state index is 0.00841. The molecule has 1 aromatic rings. The molecule has 2 saturated heterocycles. The summed E-state index contributed by atoms with van der Waals surface area (Å²) in [5.74, 6) is -1.50. The first-order valence-corrected chi connectivity index (χ1v) is 7.61. The Kier molecular flexibility index (Phi) is 4.22. The Morgan fingerprint density at radius 3 is 2.86 bits per heavy atom. The van der Waals surface area contributed by atoms with E-state index in [0.717, 1.165) is 32.1 Å². The van der Waals surface area contributed by atoms with Crippen LogP contribution in [-0.4, -0.2) is 53.1 Å². The molecule has 0 radical (unpaired) electrons. The first kappa shape index (κ1) is 14.5. The van der Waals surface area contributed by atoms with Crippen molar-refractivity contribution in [1.82, 2.24) is 9.80 Å². The second kappa shape index (κ2) is 6.12. The van der Waals surface area contributed by atoms with Gasteiger partial charge >= 0.3 is 5.97 Å². The third-order valence-electron chi connectivity index (χ3n) is 4.58. The van der Waals surface area contributed by atoms with Crippen LogP contribution in [0.25, 0.3) is 0 Å². The van der Waals surface area contributed by atoms with Crippen LogP contribution in [0.15, 0.2) is 18.2 Å². The van der Waals surface area contributed by atoms with Crippen LogP contribution in [0.1, 0.15) is 35.2 Å². The number of carbonyl (C=O) groups is 1. The van der Waals surface area contributed by atoms with Crippen LogP contribution in [0.3, 0.4) is 0 Å². The van der Waals surface area contributed by atoms with Gasteiger partial charge in [-0.3, -0.25) is 9.80 Å². The van der Waals surface area contributed by atoms with Crippen molar-refractivity contribution < 1.29 is 14.3 Å². The van der Waals surface area contributed by atoms with Crippen LogP contribution in [-0.2, 0) is 6.54 Å². The number of hydrogen-bond donors (Lipinski definition) is 1. The van der Waals surface area contributed by atoms with E-state index in [2.05, 4.69) is 9.80 Å². The summed E-state index contributed by atoms with van der Waals surface area (Å²) < 4.78 is 14.0. The van der Waals surface area contributed by atoms with Crippen LogP contribution >= 0.6 is 0 Å². The number of carboxylic acid groups (broad SMARTS) is 1. The summed E-state index contributed by atoms with van der Waals surface area (Å²) in [5, 5.41) is 8.88. The van der Waals surface area contributed by atoms with Crippen LogP contribution in [0.4, 0.5) is 4.39 Å². The predicted molar refractivity (Wildman–Crippen MR) is 77.8 cm³/mol. The van der Waals surface area contributed by atoms with Gasteiger partial charge in [0.1, 0.15) is 5.82 Å². The standard InChI is InChI=1S/C16H21FN2O2/c17-15-9-12(16(20)21)4-5-13(15)10-18-6-2-8-19-7-1-3-14(19)11-18/h4-5,9,14H,1-3,6-8,10-11H2,(H,20,21). The fourth-order valence-electron chi connectivity index (χ4n) is 3.48. The topological polar surface area (TPSA) is 43.8 Å². The van der Waals surface area contributed by atoms with Gasteiger partial charge in [-0.25, -0.2) is 9.18 Å². The van der Waals surface area contributed by atoms with E-state index in [1.54, 1.807) is 6.07 Å². The molecule has 0 aromatic heterocycles. The Balaban J connectivity index is 1.69. The molecule has 0 spiro atoms. The van der Waals surface area contributed by atoms with Crippen molar-refractivity contribution in [3.63, 3.8) is 0 Å². The summed E-state index contributed by atoms with van der Waals surface area (Å²) >= 11 is 0. The van der Waals surface area contributed by atoms with Gasteiger partial charge < -0.3 is 5.11 Å². The van der Waals surface area contributed by atoms with Crippen LogP contribution in [0.2, 0.25) is 0 Å². The Morgan fingerprint density at radius 1 is 1.29 bits per heavy atom. The van der Waals surface area contributed by atoms with Crippen molar-refractivity contribution in [2.24, 2.45) is 0 Å². The van der Waals surface area contributed by atoms with Crippen molar-refractivity contribution in [2.45, 2.75) is 31.8 Å². The predicted octanol–water partition coefficient (Wildman–Crippen LogP) is 2.19. The van der Waals surface area contributed by atoms with Crippen molar-refractivity contribution in [3.05, 3.63) is 35.1 Å². The van der Waals surface area contributed by atoms with Gasteiger partial charge in [-0.1, -0.05) is 6.07 Å². The number of carboxylic acids is 1. The van der Waals surface area contributed by atoms with Crippen LogP contribution < -0.4 is 0 Å². The molecule has 1 aromatic carbocycles. The highest BCUT2D eigenvalue weighted by molar-refractivity contribution is 5.87. The highest BCUT2D eigenvalue weighted by atomic mass is 19.1. The summed E-state index contributed by atoms with van der Waals surface area (Å²) in [6.45, 7) is 4.87. The summed E-state index contributed by atoms with van der Waals surface area (Å²) in [6, 6.07) is 4.82. The molecular formula is C16H21FN2O2. The molecule has 21 heavy (non-hydrogen) atoms. The van der Waals surface area contributed by atoms with Gasteiger partial charge in [0, 0.05) is 24.7 Å². The zero-order chi connectivity index (χ0) is 14.8. The molecule has 3 rings (SSSR count). The van der Waals surface area contributed by atoms with Crippen molar-refractivity contribution in [3.8, 4) is 0 Å². The molecular weight excluding hydrogens is 271 g/mol. The van der Waals surface area contributed by atoms with E-state index in [1.165, 1.54) is 25.5 Å². The number of halogens is 1. The van der Waals surface area contributed by atoms with Gasteiger partial charge in [0.2, 0.25) is 0 Å². The van der Waals surface area contributed by atoms with E-state index >= 15 is 0 Å². The van der Waals surface area contributed by atoms with E-state index in [0.29, 0.717) is 18.2 Å². The van der Waals surface area contributed by atoms with Gasteiger partial charge in [0.15, 0.2) is 0 Å². The first-order valence-electron chi connectivity index (χ1n) is 7.61. The second-order valence-electron chi connectivity index (χ2n) is 6.03. The Morgan fingerprint density at radius 2 is 2.10 bits per heavy atom. The van der Waals surface area contributed by atoms with E-state index in [4.69, 9.17) is 5.11 Å². The van der Waals surface area contributed by atoms with E-state index < -0.39 is 11.8 Å². The summed E-state index contributed by atoms with van der Waals surface area (Å²) in [6.07, 6.45) is 3.61. The summed E-state index contributed by atoms with van der Waals surface area (Å²) in [4.78, 5) is 15.7. The number of rotatable bonds is 3. The van der Waals surface area contributed by atoms with Gasteiger partial charge in [0.25, 0.3) is 0 Å². The summed E-state index contributed by atoms with van der Waals surface area (Å²) in [5.41, 5.74) is 0.598. The first-order chi connectivity index (χ1) is 10.1. The van der Waals surface area contributed by atoms with E-state index in [9.17, 15) is 9.18 Å². The maximum Gasteiger partial charge on any atom is 0.335 e. The lowest BCUT2D eigenvalue weighted by atomic mass is 10.1. The maximum atomic E-state index is 14.0. The van der Waals surface area contributed by atoms with Crippen LogP contribution in [0, 0.1) is 5.82 Å². The maximum absolute atomic E-state index is 14.0. The molecule has 2 heterocycles. The lowest BCUT2D eigenvalue weighted by molar-refractivity contribution is 0.0696. The SMILES string of the molecule is O=C(O)c1ccc(CN2CCCN3CCCC3C2)c(F)c1. The largest absolute Gasteiger partial charge is 0.478 e. The summed E-state index contributed by atoms with van der Waals surface area (Å²) in [7, 11) is 0. The lowest BCUT2D eigenvalue weighted by Gasteiger charge is -2.25. The molecule has 0 saturated carbocycles. The smallest absolute Gasteiger partial charge is 0.335 e. The zero-order valence-electron chi connectivity index (χ0n) is 12.1. The number of aromatic carboxylic acids is 1. The fraction of sp³-hybridized carbons (Fsp3) is 0.562. The number of benzene rings is 1. The third-order valence-corrected chi connectivity index (χ3v) is 4.58. The molecule has 2 aliphatic rings. The zero-order valence-corrected chi connectivity index (χ0v) is 12.1. The average Bonchev–Trinajstić information content (AvgIpc) is 2.79. The Bertz CT molecular complexity index is 535. The highest BCUT2D eigenvalue weighted by Crippen LogP contribution is 2.23. The Labute approximate surface area is 124 Å². The number of nitrogens with zero attached hydrogens (tertiary/aromatic N) is 2. The highest BCUT2D eigenvalue weighted by Gasteiger charge is 2.28. The lowest BCUT2D eigenvalue weighted by Crippen LogP contribution is -2.36. The van der Waals surface area contributed by atoms with E-state index in [-0.39, 0.29) is 5.56 Å². The Hall–Kier alpha value is -1.46. The van der Waals surface area contributed by atoms with Crippen molar-refractivity contribution in [2.75, 3.05) is 26.2 Å². The molecule has 0 bridgehead atoms. The number of fused-ring (bicyclic) bond motifs is 1. The van der Waals surface area contributed by atoms with Crippen LogP contribution in [0.5, 0.6) is 0 Å². The average molecular weight is 292 g/mol. The molecule has 1 unspecified atom stereocenters. The third kappa shape index (κ3) is 3.24. The molecule has 1 atom stereocenters. The van der Waals surface area contributed by atoms with Gasteiger partial charge in [-0.05, 0) is 51.0 Å². The van der Waals surface area contributed by atoms with Gasteiger partial charge in [0.05, 0.1) is 5.56 Å². The van der Waals surface area contributed by atoms with Crippen molar-refractivity contribution >= 4 is 5.97 Å². The van der Waals surface area contributed by atoms with Gasteiger partial charge in [-0.2, -0.15) is 0 Å². The van der Waals surface area contributed by atoms with Gasteiger partial charge in [-0.15, -0.1) is 0 Å². The molecule has 1 N–H and O–H groups in total.